The van der Waals surface area contributed by atoms with Crippen molar-refractivity contribution in [1.29, 1.82) is 0 Å². The van der Waals surface area contributed by atoms with Crippen LogP contribution in [0.2, 0.25) is 0 Å². The van der Waals surface area contributed by atoms with Crippen molar-refractivity contribution in [2.75, 3.05) is 12.4 Å². The Morgan fingerprint density at radius 3 is 2.81 bits per heavy atom. The topological polar surface area (TPSA) is 52.0 Å². The first kappa shape index (κ1) is 13.6. The van der Waals surface area contributed by atoms with E-state index in [2.05, 4.69) is 15.3 Å². The van der Waals surface area contributed by atoms with Gasteiger partial charge in [0, 0.05) is 23.3 Å². The van der Waals surface area contributed by atoms with E-state index in [4.69, 9.17) is 4.74 Å². The molecule has 0 amide bonds. The molecule has 0 aliphatic heterocycles. The van der Waals surface area contributed by atoms with Gasteiger partial charge in [-0.25, -0.2) is 9.97 Å². The summed E-state index contributed by atoms with van der Waals surface area (Å²) in [6.07, 6.45) is 1.99. The molecule has 0 radical (unpaired) electrons. The number of hydrogen-bond acceptors (Lipinski definition) is 5. The Kier molecular flexibility index (Phi) is 3.62. The Morgan fingerprint density at radius 2 is 2.10 bits per heavy atom. The monoisotopic (exact) mass is 300 g/mol. The van der Waals surface area contributed by atoms with E-state index in [1.165, 1.54) is 0 Å². The van der Waals surface area contributed by atoms with Crippen molar-refractivity contribution in [3.63, 3.8) is 0 Å². The molecule has 0 spiro atoms. The molecule has 3 rings (SSSR count). The van der Waals surface area contributed by atoms with Gasteiger partial charge in [-0.1, -0.05) is 6.07 Å². The molecule has 6 heteroatoms. The third-order valence-corrected chi connectivity index (χ3v) is 3.81. The quantitative estimate of drug-likeness (QED) is 0.798. The molecule has 5 nitrogen and oxygen atoms in total. The number of rotatable bonds is 4. The van der Waals surface area contributed by atoms with Crippen molar-refractivity contribution in [3.8, 4) is 11.6 Å². The smallest absolute Gasteiger partial charge is 0.189 e. The number of nitrogens with one attached hydrogen (secondary N) is 1. The summed E-state index contributed by atoms with van der Waals surface area (Å²) in [5, 5.41) is 6.14. The fraction of sp³-hybridized carbons (Fsp3) is 0.200. The Bertz CT molecular complexity index is 763. The number of imidazole rings is 1. The molecular formula is C15H16N4OS. The number of hydrogen-bond donors (Lipinski definition) is 1. The van der Waals surface area contributed by atoms with Gasteiger partial charge in [-0.2, -0.15) is 0 Å². The number of thiazole rings is 1. The lowest BCUT2D eigenvalue weighted by Gasteiger charge is -2.05. The summed E-state index contributed by atoms with van der Waals surface area (Å²) in [6, 6.07) is 7.78. The van der Waals surface area contributed by atoms with Crippen LogP contribution in [0.3, 0.4) is 0 Å². The van der Waals surface area contributed by atoms with Crippen molar-refractivity contribution >= 4 is 22.2 Å². The van der Waals surface area contributed by atoms with Gasteiger partial charge in [-0.05, 0) is 26.0 Å². The normalized spacial score (nSPS) is 10.6. The molecule has 0 atom stereocenters. The van der Waals surface area contributed by atoms with Crippen LogP contribution in [0.25, 0.3) is 5.82 Å². The van der Waals surface area contributed by atoms with Crippen LogP contribution in [-0.2, 0) is 0 Å². The maximum absolute atomic E-state index is 5.22. The largest absolute Gasteiger partial charge is 0.497 e. The highest BCUT2D eigenvalue weighted by Crippen LogP contribution is 2.25. The van der Waals surface area contributed by atoms with Crippen LogP contribution in [0.1, 0.15) is 11.5 Å². The fourth-order valence-electron chi connectivity index (χ4n) is 2.11. The van der Waals surface area contributed by atoms with E-state index in [1.54, 1.807) is 18.4 Å². The number of ether oxygens (including phenoxy) is 1. The van der Waals surface area contributed by atoms with Crippen LogP contribution in [0.15, 0.2) is 35.8 Å². The molecule has 108 valence electrons. The predicted molar refractivity (Wildman–Crippen MR) is 85.0 cm³/mol. The SMILES string of the molecule is COc1cccc(Nc2nc(-n3cc(C)nc3C)cs2)c1. The Balaban J connectivity index is 1.83. The Labute approximate surface area is 127 Å². The predicted octanol–water partition coefficient (Wildman–Crippen LogP) is 3.70. The zero-order valence-electron chi connectivity index (χ0n) is 12.1. The zero-order chi connectivity index (χ0) is 14.8. The maximum atomic E-state index is 5.22. The molecule has 2 aromatic heterocycles. The number of aromatic nitrogens is 3. The van der Waals surface area contributed by atoms with Crippen LogP contribution >= 0.6 is 11.3 Å². The Morgan fingerprint density at radius 1 is 1.24 bits per heavy atom. The van der Waals surface area contributed by atoms with Crippen molar-refractivity contribution in [3.05, 3.63) is 47.4 Å². The van der Waals surface area contributed by atoms with Crippen molar-refractivity contribution in [1.82, 2.24) is 14.5 Å². The summed E-state index contributed by atoms with van der Waals surface area (Å²) in [5.74, 6) is 2.63. The van der Waals surface area contributed by atoms with Gasteiger partial charge >= 0.3 is 0 Å². The molecule has 0 bridgehead atoms. The van der Waals surface area contributed by atoms with Crippen LogP contribution in [-0.4, -0.2) is 21.6 Å². The average Bonchev–Trinajstić information content (AvgIpc) is 3.05. The molecule has 1 aromatic carbocycles. The van der Waals surface area contributed by atoms with Crippen LogP contribution < -0.4 is 10.1 Å². The van der Waals surface area contributed by atoms with E-state index in [1.807, 2.05) is 54.3 Å². The molecule has 2 heterocycles. The van der Waals surface area contributed by atoms with Gasteiger partial charge in [0.2, 0.25) is 0 Å². The summed E-state index contributed by atoms with van der Waals surface area (Å²) in [5.41, 5.74) is 1.94. The van der Waals surface area contributed by atoms with Gasteiger partial charge in [0.1, 0.15) is 11.6 Å². The standard InChI is InChI=1S/C15H16N4OS/c1-10-8-19(11(2)16-10)14-9-21-15(18-14)17-12-5-4-6-13(7-12)20-3/h4-9H,1-3H3,(H,17,18). The van der Waals surface area contributed by atoms with Crippen LogP contribution in [0.4, 0.5) is 10.8 Å². The molecular weight excluding hydrogens is 284 g/mol. The first-order chi connectivity index (χ1) is 10.2. The van der Waals surface area contributed by atoms with E-state index in [0.29, 0.717) is 0 Å². The number of anilines is 2. The third-order valence-electron chi connectivity index (χ3n) is 3.06. The summed E-state index contributed by atoms with van der Waals surface area (Å²) in [4.78, 5) is 8.99. The van der Waals surface area contributed by atoms with E-state index >= 15 is 0 Å². The Hall–Kier alpha value is -2.34. The van der Waals surface area contributed by atoms with Crippen LogP contribution in [0.5, 0.6) is 5.75 Å². The zero-order valence-corrected chi connectivity index (χ0v) is 12.9. The highest BCUT2D eigenvalue weighted by molar-refractivity contribution is 7.14. The minimum absolute atomic E-state index is 0.817. The number of benzene rings is 1. The first-order valence-electron chi connectivity index (χ1n) is 6.55. The molecule has 0 aliphatic carbocycles. The maximum Gasteiger partial charge on any atom is 0.189 e. The summed E-state index contributed by atoms with van der Waals surface area (Å²) < 4.78 is 7.20. The van der Waals surface area contributed by atoms with E-state index in [9.17, 15) is 0 Å². The molecule has 0 fully saturated rings. The van der Waals surface area contributed by atoms with Gasteiger partial charge in [-0.15, -0.1) is 11.3 Å². The second-order valence-electron chi connectivity index (χ2n) is 4.67. The second kappa shape index (κ2) is 5.57. The van der Waals surface area contributed by atoms with E-state index in [-0.39, 0.29) is 0 Å². The van der Waals surface area contributed by atoms with E-state index in [0.717, 1.165) is 33.9 Å². The molecule has 0 saturated carbocycles. The molecule has 0 saturated heterocycles. The highest BCUT2D eigenvalue weighted by atomic mass is 32.1. The fourth-order valence-corrected chi connectivity index (χ4v) is 2.81. The van der Waals surface area contributed by atoms with Gasteiger partial charge < -0.3 is 10.1 Å². The van der Waals surface area contributed by atoms with Crippen molar-refractivity contribution in [2.45, 2.75) is 13.8 Å². The minimum atomic E-state index is 0.817. The van der Waals surface area contributed by atoms with Gasteiger partial charge in [-0.3, -0.25) is 4.57 Å². The van der Waals surface area contributed by atoms with Crippen molar-refractivity contribution < 1.29 is 4.74 Å². The summed E-state index contributed by atoms with van der Waals surface area (Å²) in [7, 11) is 1.66. The summed E-state index contributed by atoms with van der Waals surface area (Å²) in [6.45, 7) is 3.95. The lowest BCUT2D eigenvalue weighted by Crippen LogP contribution is -1.96. The van der Waals surface area contributed by atoms with Crippen molar-refractivity contribution in [2.24, 2.45) is 0 Å². The van der Waals surface area contributed by atoms with Crippen LogP contribution in [0, 0.1) is 13.8 Å². The number of nitrogens with zero attached hydrogens (tertiary/aromatic N) is 3. The van der Waals surface area contributed by atoms with E-state index < -0.39 is 0 Å². The summed E-state index contributed by atoms with van der Waals surface area (Å²) >= 11 is 1.56. The molecule has 3 aromatic rings. The molecule has 21 heavy (non-hydrogen) atoms. The number of methoxy groups -OCH3 is 1. The average molecular weight is 300 g/mol. The molecule has 0 unspecified atom stereocenters. The molecule has 1 N–H and O–H groups in total. The minimum Gasteiger partial charge on any atom is -0.497 e. The lowest BCUT2D eigenvalue weighted by molar-refractivity contribution is 0.415. The van der Waals surface area contributed by atoms with Gasteiger partial charge in [0.05, 0.1) is 12.8 Å². The van der Waals surface area contributed by atoms with Gasteiger partial charge in [0.25, 0.3) is 0 Å². The third kappa shape index (κ3) is 2.90. The second-order valence-corrected chi connectivity index (χ2v) is 5.53. The first-order valence-corrected chi connectivity index (χ1v) is 7.43. The highest BCUT2D eigenvalue weighted by Gasteiger charge is 2.08. The lowest BCUT2D eigenvalue weighted by atomic mass is 10.3. The molecule has 0 aliphatic rings. The number of aryl methyl sites for hydroxylation is 2. The van der Waals surface area contributed by atoms with Gasteiger partial charge in [0.15, 0.2) is 10.9 Å².